The number of methoxy groups -OCH3 is 1. The van der Waals surface area contributed by atoms with Crippen LogP contribution in [0.4, 0.5) is 11.4 Å². The first-order valence-electron chi connectivity index (χ1n) is 14.5. The van der Waals surface area contributed by atoms with Gasteiger partial charge in [-0.15, -0.1) is 0 Å². The van der Waals surface area contributed by atoms with Crippen molar-refractivity contribution in [3.05, 3.63) is 96.6 Å². The van der Waals surface area contributed by atoms with Gasteiger partial charge in [0.05, 0.1) is 35.2 Å². The van der Waals surface area contributed by atoms with E-state index in [4.69, 9.17) is 14.4 Å². The van der Waals surface area contributed by atoms with Gasteiger partial charge in [0.2, 0.25) is 17.7 Å². The van der Waals surface area contributed by atoms with Crippen LogP contribution in [-0.2, 0) is 33.6 Å². The third-order valence-electron chi connectivity index (χ3n) is 9.87. The monoisotopic (exact) mass is 579 g/mol. The maximum absolute atomic E-state index is 14.0. The van der Waals surface area contributed by atoms with E-state index in [0.29, 0.717) is 17.8 Å². The molecule has 8 rings (SSSR count). The van der Waals surface area contributed by atoms with Gasteiger partial charge in [-0.25, -0.2) is 9.74 Å². The highest BCUT2D eigenvalue weighted by molar-refractivity contribution is 6.24. The molecule has 8 atom stereocenters. The van der Waals surface area contributed by atoms with Crippen LogP contribution in [0.15, 0.2) is 91.0 Å². The summed E-state index contributed by atoms with van der Waals surface area (Å²) in [7, 11) is 1.52. The molecule has 0 spiro atoms. The molecule has 4 saturated heterocycles. The lowest BCUT2D eigenvalue weighted by molar-refractivity contribution is -0.491. The Bertz CT molecular complexity index is 1620. The van der Waals surface area contributed by atoms with E-state index < -0.39 is 53.4 Å². The molecule has 0 bridgehead atoms. The fraction of sp³-hybridized carbons (Fsp3) is 0.333. The number of hydrogen-bond acceptors (Lipinski definition) is 8. The Labute approximate surface area is 247 Å². The SMILES string of the molecule is CO[C@]12C[C@H]3C(=O)N(c4ccccc4)C(=O)[C@H]3C[C@H]1[C@H](c1ccccc1)[C@H]1[C@H]3C(=O)N(c4ccccc4)C(=O)[C@H]3ON1O2. The third kappa shape index (κ3) is 3.67. The van der Waals surface area contributed by atoms with Crippen molar-refractivity contribution in [1.82, 2.24) is 5.23 Å². The number of benzene rings is 3. The van der Waals surface area contributed by atoms with Gasteiger partial charge in [0.25, 0.3) is 5.91 Å². The highest BCUT2D eigenvalue weighted by Gasteiger charge is 2.71. The van der Waals surface area contributed by atoms with E-state index in [1.165, 1.54) is 22.1 Å². The Morgan fingerprint density at radius 3 is 1.86 bits per heavy atom. The predicted octanol–water partition coefficient (Wildman–Crippen LogP) is 3.45. The van der Waals surface area contributed by atoms with Gasteiger partial charge in [0.15, 0.2) is 11.9 Å². The van der Waals surface area contributed by atoms with E-state index in [1.54, 1.807) is 48.5 Å². The minimum absolute atomic E-state index is 0.121. The number of rotatable bonds is 4. The molecule has 0 unspecified atom stereocenters. The normalized spacial score (nSPS) is 35.1. The molecule has 1 aliphatic carbocycles. The molecule has 43 heavy (non-hydrogen) atoms. The van der Waals surface area contributed by atoms with Crippen LogP contribution >= 0.6 is 0 Å². The lowest BCUT2D eigenvalue weighted by Crippen LogP contribution is -2.63. The molecule has 10 nitrogen and oxygen atoms in total. The summed E-state index contributed by atoms with van der Waals surface area (Å²) in [5, 5.41) is 1.28. The average Bonchev–Trinajstić information content (AvgIpc) is 3.62. The van der Waals surface area contributed by atoms with Crippen molar-refractivity contribution in [2.45, 2.75) is 36.7 Å². The van der Waals surface area contributed by atoms with Crippen LogP contribution in [0.3, 0.4) is 0 Å². The number of para-hydroxylation sites is 2. The number of hydroxylamine groups is 2. The molecule has 4 heterocycles. The molecule has 5 fully saturated rings. The van der Waals surface area contributed by atoms with Crippen LogP contribution in [0.5, 0.6) is 0 Å². The highest BCUT2D eigenvalue weighted by Crippen LogP contribution is 2.60. The second-order valence-electron chi connectivity index (χ2n) is 11.8. The lowest BCUT2D eigenvalue weighted by atomic mass is 9.62. The molecule has 10 heteroatoms. The number of amides is 4. The van der Waals surface area contributed by atoms with E-state index in [1.807, 2.05) is 42.5 Å². The summed E-state index contributed by atoms with van der Waals surface area (Å²) >= 11 is 0. The summed E-state index contributed by atoms with van der Waals surface area (Å²) in [5.74, 6) is -5.60. The van der Waals surface area contributed by atoms with Crippen LogP contribution in [0.25, 0.3) is 0 Å². The summed E-state index contributed by atoms with van der Waals surface area (Å²) in [6.45, 7) is 0. The largest absolute Gasteiger partial charge is 0.351 e. The van der Waals surface area contributed by atoms with Crippen molar-refractivity contribution in [3.8, 4) is 0 Å². The van der Waals surface area contributed by atoms with E-state index >= 15 is 0 Å². The maximum Gasteiger partial charge on any atom is 0.266 e. The Morgan fingerprint density at radius 2 is 1.26 bits per heavy atom. The van der Waals surface area contributed by atoms with Gasteiger partial charge in [-0.2, -0.15) is 0 Å². The van der Waals surface area contributed by atoms with Crippen molar-refractivity contribution in [2.24, 2.45) is 23.7 Å². The Kier molecular flexibility index (Phi) is 5.93. The van der Waals surface area contributed by atoms with Crippen molar-refractivity contribution < 1.29 is 33.6 Å². The van der Waals surface area contributed by atoms with Crippen LogP contribution < -0.4 is 9.80 Å². The number of imide groups is 2. The topological polar surface area (TPSA) is 106 Å². The number of carbonyl (C=O) groups excluding carboxylic acids is 4. The molecule has 4 aliphatic heterocycles. The quantitative estimate of drug-likeness (QED) is 0.433. The maximum atomic E-state index is 14.0. The van der Waals surface area contributed by atoms with Gasteiger partial charge in [0, 0.05) is 25.4 Å². The Morgan fingerprint density at radius 1 is 0.698 bits per heavy atom. The summed E-state index contributed by atoms with van der Waals surface area (Å²) in [4.78, 5) is 70.4. The van der Waals surface area contributed by atoms with Gasteiger partial charge in [0.1, 0.15) is 0 Å². The minimum atomic E-state index is -1.33. The molecular weight excluding hydrogens is 550 g/mol. The zero-order valence-corrected chi connectivity index (χ0v) is 23.3. The van der Waals surface area contributed by atoms with Gasteiger partial charge < -0.3 is 4.74 Å². The zero-order chi connectivity index (χ0) is 29.5. The van der Waals surface area contributed by atoms with E-state index in [-0.39, 0.29) is 24.1 Å². The number of ether oxygens (including phenoxy) is 1. The van der Waals surface area contributed by atoms with Crippen molar-refractivity contribution in [1.29, 1.82) is 0 Å². The molecule has 0 aromatic heterocycles. The van der Waals surface area contributed by atoms with Crippen molar-refractivity contribution in [3.63, 3.8) is 0 Å². The molecule has 218 valence electrons. The lowest BCUT2D eigenvalue weighted by Gasteiger charge is -2.55. The molecule has 3 aromatic rings. The molecule has 1 saturated carbocycles. The zero-order valence-electron chi connectivity index (χ0n) is 23.3. The fourth-order valence-electron chi connectivity index (χ4n) is 8.00. The third-order valence-corrected chi connectivity index (χ3v) is 9.87. The second-order valence-corrected chi connectivity index (χ2v) is 11.8. The van der Waals surface area contributed by atoms with Crippen LogP contribution in [0, 0.1) is 23.7 Å². The molecule has 5 aliphatic rings. The standard InChI is InChI=1S/C33H29N3O7/c1-41-33-18-23-22(29(37)34(30(23)38)20-13-7-3-8-14-20)17-24(33)25(19-11-5-2-6-12-19)27-26-28(42-36(27)43-33)32(40)35(31(26)39)21-15-9-4-10-16-21/h2-16,22-28H,17-18H2,1H3/t22-,23+,24-,25-,26+,27-,28-,33-/m0/s1. The number of nitrogens with zero attached hydrogens (tertiary/aromatic N) is 3. The summed E-state index contributed by atoms with van der Waals surface area (Å²) < 4.78 is 6.14. The second kappa shape index (κ2) is 9.65. The molecule has 4 amide bonds. The van der Waals surface area contributed by atoms with Crippen LogP contribution in [0.1, 0.15) is 24.3 Å². The molecule has 3 aromatic carbocycles. The molecule has 0 N–H and O–H groups in total. The summed E-state index contributed by atoms with van der Waals surface area (Å²) in [5.41, 5.74) is 1.92. The first kappa shape index (κ1) is 26.4. The Balaban J connectivity index is 1.21. The van der Waals surface area contributed by atoms with Crippen LogP contribution in [-0.4, -0.2) is 53.9 Å². The molecule has 0 radical (unpaired) electrons. The first-order chi connectivity index (χ1) is 20.9. The average molecular weight is 580 g/mol. The van der Waals surface area contributed by atoms with Gasteiger partial charge in [-0.1, -0.05) is 72.0 Å². The smallest absolute Gasteiger partial charge is 0.266 e. The van der Waals surface area contributed by atoms with Crippen molar-refractivity contribution in [2.75, 3.05) is 16.9 Å². The summed E-state index contributed by atoms with van der Waals surface area (Å²) in [6.07, 6.45) is -0.650. The Hall–Kier alpha value is -4.22. The van der Waals surface area contributed by atoms with E-state index in [2.05, 4.69) is 0 Å². The van der Waals surface area contributed by atoms with E-state index in [9.17, 15) is 19.2 Å². The number of carbonyl (C=O) groups is 4. The minimum Gasteiger partial charge on any atom is -0.351 e. The van der Waals surface area contributed by atoms with Crippen molar-refractivity contribution >= 4 is 35.0 Å². The van der Waals surface area contributed by atoms with Gasteiger partial charge in [-0.3, -0.25) is 28.9 Å². The number of fused-ring (bicyclic) bond motifs is 5. The summed E-state index contributed by atoms with van der Waals surface area (Å²) in [6, 6.07) is 26.8. The first-order valence-corrected chi connectivity index (χ1v) is 14.5. The van der Waals surface area contributed by atoms with E-state index in [0.717, 1.165) is 5.56 Å². The predicted molar refractivity (Wildman–Crippen MR) is 152 cm³/mol. The number of anilines is 2. The highest BCUT2D eigenvalue weighted by atomic mass is 17.0. The van der Waals surface area contributed by atoms with Gasteiger partial charge in [-0.05, 0) is 36.2 Å². The van der Waals surface area contributed by atoms with Gasteiger partial charge >= 0.3 is 0 Å². The fourth-order valence-corrected chi connectivity index (χ4v) is 8.00. The molecular formula is C33H29N3O7. The van der Waals surface area contributed by atoms with Crippen LogP contribution in [0.2, 0.25) is 0 Å². The number of hydrogen-bond donors (Lipinski definition) is 0.